The Labute approximate surface area is 100 Å². The second kappa shape index (κ2) is 6.21. The van der Waals surface area contributed by atoms with Gasteiger partial charge in [-0.2, -0.15) is 0 Å². The first-order valence-corrected chi connectivity index (χ1v) is 5.74. The normalized spacial score (nSPS) is 12.5. The molecule has 0 aliphatic heterocycles. The summed E-state index contributed by atoms with van der Waals surface area (Å²) in [4.78, 5) is 0. The quantitative estimate of drug-likeness (QED) is 0.865. The molecule has 84 valence electrons. The number of nitrogens with two attached hydrogens (primary N) is 1. The summed E-state index contributed by atoms with van der Waals surface area (Å²) < 4.78 is 5.67. The maximum absolute atomic E-state index is 5.86. The van der Waals surface area contributed by atoms with Crippen LogP contribution < -0.4 is 10.5 Å². The highest BCUT2D eigenvalue weighted by atomic mass is 35.5. The largest absolute Gasteiger partial charge is 0.489 e. The molecule has 0 amide bonds. The Balaban J connectivity index is 2.69. The van der Waals surface area contributed by atoms with Crippen LogP contribution in [-0.4, -0.2) is 12.6 Å². The minimum absolute atomic E-state index is 0.0320. The van der Waals surface area contributed by atoms with Crippen LogP contribution in [0, 0.1) is 0 Å². The van der Waals surface area contributed by atoms with E-state index in [4.69, 9.17) is 33.7 Å². The summed E-state index contributed by atoms with van der Waals surface area (Å²) in [5.41, 5.74) is 5.59. The Morgan fingerprint density at radius 3 is 2.33 bits per heavy atom. The van der Waals surface area contributed by atoms with E-state index in [0.717, 1.165) is 12.8 Å². The summed E-state index contributed by atoms with van der Waals surface area (Å²) in [6.07, 6.45) is 2.00. The summed E-state index contributed by atoms with van der Waals surface area (Å²) in [6, 6.07) is 5.16. The van der Waals surface area contributed by atoms with E-state index in [1.165, 1.54) is 0 Å². The molecule has 0 aromatic heterocycles. The SMILES string of the molecule is CCCC(CN)Oc1cc(Cl)cc(Cl)c1. The van der Waals surface area contributed by atoms with E-state index in [9.17, 15) is 0 Å². The first-order chi connectivity index (χ1) is 7.15. The molecule has 0 saturated carbocycles. The lowest BCUT2D eigenvalue weighted by Crippen LogP contribution is -2.26. The van der Waals surface area contributed by atoms with E-state index in [1.54, 1.807) is 18.2 Å². The Morgan fingerprint density at radius 2 is 1.87 bits per heavy atom. The molecule has 2 N–H and O–H groups in total. The Bertz CT molecular complexity index is 297. The number of halogens is 2. The average molecular weight is 248 g/mol. The molecule has 2 nitrogen and oxygen atoms in total. The number of rotatable bonds is 5. The Kier molecular flexibility index (Phi) is 5.23. The van der Waals surface area contributed by atoms with E-state index < -0.39 is 0 Å². The number of ether oxygens (including phenoxy) is 1. The summed E-state index contributed by atoms with van der Waals surface area (Å²) in [5, 5.41) is 1.15. The summed E-state index contributed by atoms with van der Waals surface area (Å²) >= 11 is 11.7. The van der Waals surface area contributed by atoms with Gasteiger partial charge in [-0.05, 0) is 24.6 Å². The third kappa shape index (κ3) is 4.29. The van der Waals surface area contributed by atoms with Crippen LogP contribution in [0.2, 0.25) is 10.0 Å². The third-order valence-electron chi connectivity index (χ3n) is 2.01. The summed E-state index contributed by atoms with van der Waals surface area (Å²) in [5.74, 6) is 0.677. The lowest BCUT2D eigenvalue weighted by molar-refractivity contribution is 0.198. The maximum atomic E-state index is 5.86. The van der Waals surface area contributed by atoms with Crippen LogP contribution in [0.25, 0.3) is 0 Å². The fourth-order valence-electron chi connectivity index (χ4n) is 1.34. The lowest BCUT2D eigenvalue weighted by Gasteiger charge is -2.16. The first kappa shape index (κ1) is 12.6. The van der Waals surface area contributed by atoms with Gasteiger partial charge in [-0.25, -0.2) is 0 Å². The van der Waals surface area contributed by atoms with Crippen LogP contribution in [0.15, 0.2) is 18.2 Å². The molecule has 0 heterocycles. The topological polar surface area (TPSA) is 35.2 Å². The molecule has 1 aromatic carbocycles. The molecule has 1 rings (SSSR count). The highest BCUT2D eigenvalue weighted by Crippen LogP contribution is 2.25. The van der Waals surface area contributed by atoms with Gasteiger partial charge >= 0.3 is 0 Å². The van der Waals surface area contributed by atoms with Gasteiger partial charge in [-0.3, -0.25) is 0 Å². The van der Waals surface area contributed by atoms with Crippen molar-refractivity contribution in [2.75, 3.05) is 6.54 Å². The van der Waals surface area contributed by atoms with Crippen LogP contribution in [0.1, 0.15) is 19.8 Å². The smallest absolute Gasteiger partial charge is 0.122 e. The van der Waals surface area contributed by atoms with Gasteiger partial charge in [-0.15, -0.1) is 0 Å². The van der Waals surface area contributed by atoms with E-state index in [-0.39, 0.29) is 6.10 Å². The van der Waals surface area contributed by atoms with E-state index in [0.29, 0.717) is 22.3 Å². The fraction of sp³-hybridized carbons (Fsp3) is 0.455. The Morgan fingerprint density at radius 1 is 1.27 bits per heavy atom. The van der Waals surface area contributed by atoms with Gasteiger partial charge in [0.05, 0.1) is 0 Å². The minimum atomic E-state index is 0.0320. The van der Waals surface area contributed by atoms with E-state index >= 15 is 0 Å². The predicted molar refractivity (Wildman–Crippen MR) is 64.8 cm³/mol. The fourth-order valence-corrected chi connectivity index (χ4v) is 1.84. The third-order valence-corrected chi connectivity index (χ3v) is 2.45. The molecule has 0 radical (unpaired) electrons. The van der Waals surface area contributed by atoms with Crippen LogP contribution in [0.5, 0.6) is 5.75 Å². The molecule has 1 unspecified atom stereocenters. The molecular weight excluding hydrogens is 233 g/mol. The average Bonchev–Trinajstić information content (AvgIpc) is 2.15. The van der Waals surface area contributed by atoms with Crippen molar-refractivity contribution in [1.29, 1.82) is 0 Å². The van der Waals surface area contributed by atoms with E-state index in [1.807, 2.05) is 0 Å². The van der Waals surface area contributed by atoms with Crippen molar-refractivity contribution in [3.8, 4) is 5.75 Å². The summed E-state index contributed by atoms with van der Waals surface area (Å²) in [6.45, 7) is 2.59. The highest BCUT2D eigenvalue weighted by Gasteiger charge is 2.08. The molecule has 0 bridgehead atoms. The van der Waals surface area contributed by atoms with Gasteiger partial charge in [0.15, 0.2) is 0 Å². The zero-order chi connectivity index (χ0) is 11.3. The van der Waals surface area contributed by atoms with Crippen LogP contribution >= 0.6 is 23.2 Å². The monoisotopic (exact) mass is 247 g/mol. The lowest BCUT2D eigenvalue weighted by atomic mass is 10.2. The molecule has 0 spiro atoms. The van der Waals surface area contributed by atoms with Crippen molar-refractivity contribution >= 4 is 23.2 Å². The van der Waals surface area contributed by atoms with Crippen LogP contribution in [-0.2, 0) is 0 Å². The number of hydrogen-bond acceptors (Lipinski definition) is 2. The predicted octanol–water partition coefficient (Wildman–Crippen LogP) is 3.50. The van der Waals surface area contributed by atoms with Crippen molar-refractivity contribution in [2.24, 2.45) is 5.73 Å². The number of hydrogen-bond donors (Lipinski definition) is 1. The van der Waals surface area contributed by atoms with Crippen molar-refractivity contribution in [3.63, 3.8) is 0 Å². The minimum Gasteiger partial charge on any atom is -0.489 e. The molecular formula is C11H15Cl2NO. The standard InChI is InChI=1S/C11H15Cl2NO/c1-2-3-10(7-14)15-11-5-8(12)4-9(13)6-11/h4-6,10H,2-3,7,14H2,1H3. The highest BCUT2D eigenvalue weighted by molar-refractivity contribution is 6.34. The van der Waals surface area contributed by atoms with Crippen molar-refractivity contribution in [3.05, 3.63) is 28.2 Å². The summed E-state index contributed by atoms with van der Waals surface area (Å²) in [7, 11) is 0. The molecule has 4 heteroatoms. The zero-order valence-electron chi connectivity index (χ0n) is 8.67. The van der Waals surface area contributed by atoms with E-state index in [2.05, 4.69) is 6.92 Å². The Hall–Kier alpha value is -0.440. The maximum Gasteiger partial charge on any atom is 0.122 e. The van der Waals surface area contributed by atoms with Crippen LogP contribution in [0.3, 0.4) is 0 Å². The van der Waals surface area contributed by atoms with Gasteiger partial charge in [0.1, 0.15) is 11.9 Å². The molecule has 0 aliphatic carbocycles. The molecule has 0 saturated heterocycles. The van der Waals surface area contributed by atoms with Crippen molar-refractivity contribution in [1.82, 2.24) is 0 Å². The van der Waals surface area contributed by atoms with Gasteiger partial charge < -0.3 is 10.5 Å². The molecule has 1 atom stereocenters. The number of benzene rings is 1. The molecule has 0 aliphatic rings. The first-order valence-electron chi connectivity index (χ1n) is 4.98. The second-order valence-electron chi connectivity index (χ2n) is 3.37. The molecule has 1 aromatic rings. The van der Waals surface area contributed by atoms with Gasteiger partial charge in [0, 0.05) is 16.6 Å². The second-order valence-corrected chi connectivity index (χ2v) is 4.24. The van der Waals surface area contributed by atoms with Crippen molar-refractivity contribution < 1.29 is 4.74 Å². The van der Waals surface area contributed by atoms with Gasteiger partial charge in [-0.1, -0.05) is 36.5 Å². The van der Waals surface area contributed by atoms with Crippen molar-refractivity contribution in [2.45, 2.75) is 25.9 Å². The van der Waals surface area contributed by atoms with Gasteiger partial charge in [0.2, 0.25) is 0 Å². The van der Waals surface area contributed by atoms with Gasteiger partial charge in [0.25, 0.3) is 0 Å². The van der Waals surface area contributed by atoms with Crippen LogP contribution in [0.4, 0.5) is 0 Å². The molecule has 0 fully saturated rings. The zero-order valence-corrected chi connectivity index (χ0v) is 10.2. The molecule has 15 heavy (non-hydrogen) atoms.